The van der Waals surface area contributed by atoms with E-state index in [-0.39, 0.29) is 30.1 Å². The number of pyridine rings is 1. The first-order valence-electron chi connectivity index (χ1n) is 10.9. The van der Waals surface area contributed by atoms with E-state index in [2.05, 4.69) is 24.9 Å². The van der Waals surface area contributed by atoms with Gasteiger partial charge in [-0.25, -0.2) is 24.9 Å². The minimum Gasteiger partial charge on any atom is -0.474 e. The summed E-state index contributed by atoms with van der Waals surface area (Å²) >= 11 is 0. The number of hydrogen-bond acceptors (Lipinski definition) is 7. The van der Waals surface area contributed by atoms with Crippen molar-refractivity contribution in [3.63, 3.8) is 0 Å². The lowest BCUT2D eigenvalue weighted by Gasteiger charge is -2.35. The number of fused-ring (bicyclic) bond motifs is 1. The number of rotatable bonds is 5. The monoisotopic (exact) mass is 470 g/mol. The number of hydrogen-bond donors (Lipinski definition) is 0. The van der Waals surface area contributed by atoms with E-state index in [9.17, 15) is 18.0 Å². The number of aromatic nitrogens is 5. The van der Waals surface area contributed by atoms with Gasteiger partial charge in [0.1, 0.15) is 12.3 Å². The summed E-state index contributed by atoms with van der Waals surface area (Å²) in [7, 11) is 0. The molecule has 3 aromatic rings. The zero-order valence-electron chi connectivity index (χ0n) is 18.2. The van der Waals surface area contributed by atoms with Crippen LogP contribution in [0.2, 0.25) is 0 Å². The lowest BCUT2D eigenvalue weighted by Crippen LogP contribution is -2.48. The molecule has 8 nitrogen and oxygen atoms in total. The third-order valence-electron chi connectivity index (χ3n) is 6.16. The average molecular weight is 470 g/mol. The van der Waals surface area contributed by atoms with Crippen LogP contribution in [0.25, 0.3) is 11.4 Å². The summed E-state index contributed by atoms with van der Waals surface area (Å²) in [5.41, 5.74) is 0.417. The molecule has 1 amide bonds. The Morgan fingerprint density at radius 3 is 2.59 bits per heavy atom. The van der Waals surface area contributed by atoms with Crippen molar-refractivity contribution in [2.24, 2.45) is 11.8 Å². The fourth-order valence-electron chi connectivity index (χ4n) is 4.30. The van der Waals surface area contributed by atoms with Gasteiger partial charge >= 0.3 is 6.18 Å². The van der Waals surface area contributed by atoms with Crippen molar-refractivity contribution in [1.82, 2.24) is 29.8 Å². The molecule has 0 radical (unpaired) electrons. The minimum absolute atomic E-state index is 0.0228. The molecule has 0 spiro atoms. The molecule has 176 valence electrons. The topological polar surface area (TPSA) is 94.0 Å². The normalized spacial score (nSPS) is 21.6. The smallest absolute Gasteiger partial charge is 0.434 e. The summed E-state index contributed by atoms with van der Waals surface area (Å²) in [6, 6.07) is 5.02. The van der Waals surface area contributed by atoms with E-state index in [0.29, 0.717) is 41.7 Å². The number of amides is 1. The molecule has 5 rings (SSSR count). The van der Waals surface area contributed by atoms with Gasteiger partial charge in [-0.3, -0.25) is 4.79 Å². The molecule has 3 aromatic heterocycles. The van der Waals surface area contributed by atoms with E-state index >= 15 is 0 Å². The van der Waals surface area contributed by atoms with Gasteiger partial charge in [-0.1, -0.05) is 0 Å². The Morgan fingerprint density at radius 2 is 1.88 bits per heavy atom. The van der Waals surface area contributed by atoms with Crippen molar-refractivity contribution in [3.8, 4) is 17.3 Å². The van der Waals surface area contributed by atoms with Gasteiger partial charge in [0.05, 0.1) is 24.0 Å². The molecule has 11 heteroatoms. The Kier molecular flexibility index (Phi) is 5.62. The number of piperidine rings is 1. The van der Waals surface area contributed by atoms with Crippen molar-refractivity contribution in [3.05, 3.63) is 60.1 Å². The van der Waals surface area contributed by atoms with Gasteiger partial charge in [0.2, 0.25) is 5.88 Å². The molecule has 34 heavy (non-hydrogen) atoms. The number of carbonyl (C=O) groups excluding carboxylic acids is 1. The van der Waals surface area contributed by atoms with Gasteiger partial charge in [-0.2, -0.15) is 13.2 Å². The van der Waals surface area contributed by atoms with Gasteiger partial charge < -0.3 is 9.64 Å². The van der Waals surface area contributed by atoms with Gasteiger partial charge in [0.15, 0.2) is 11.5 Å². The highest BCUT2D eigenvalue weighted by atomic mass is 19.4. The van der Waals surface area contributed by atoms with Crippen molar-refractivity contribution in [1.29, 1.82) is 0 Å². The Bertz CT molecular complexity index is 1190. The van der Waals surface area contributed by atoms with E-state index in [1.165, 1.54) is 0 Å². The highest BCUT2D eigenvalue weighted by Gasteiger charge is 2.48. The lowest BCUT2D eigenvalue weighted by atomic mass is 10.0. The maximum absolute atomic E-state index is 13.7. The summed E-state index contributed by atoms with van der Waals surface area (Å²) in [4.78, 5) is 35.6. The Hall–Kier alpha value is -3.63. The van der Waals surface area contributed by atoms with Crippen LogP contribution in [0.3, 0.4) is 0 Å². The first-order valence-corrected chi connectivity index (χ1v) is 10.9. The largest absolute Gasteiger partial charge is 0.474 e. The first kappa shape index (κ1) is 22.2. The maximum Gasteiger partial charge on any atom is 0.434 e. The standard InChI is InChI=1S/C23H21F3N6O2/c1-13-3-4-17(21-27-5-2-6-28-21)20(31-13)22(33)32-11-15-7-14(15)8-16(32)12-34-19-10-29-18(9-30-19)23(24,25)26/h2-6,9-10,14-16H,7-8,11-12H2,1H3/t14-,15+,16?/m1/s1. The molecule has 1 saturated heterocycles. The second-order valence-electron chi connectivity index (χ2n) is 8.57. The summed E-state index contributed by atoms with van der Waals surface area (Å²) in [6.45, 7) is 2.47. The van der Waals surface area contributed by atoms with Crippen LogP contribution in [0, 0.1) is 18.8 Å². The van der Waals surface area contributed by atoms with E-state index in [1.54, 1.807) is 35.5 Å². The van der Waals surface area contributed by atoms with Crippen molar-refractivity contribution in [2.75, 3.05) is 13.2 Å². The summed E-state index contributed by atoms with van der Waals surface area (Å²) in [5, 5.41) is 0. The third-order valence-corrected chi connectivity index (χ3v) is 6.16. The molecule has 0 N–H and O–H groups in total. The van der Waals surface area contributed by atoms with Crippen LogP contribution in [0.1, 0.15) is 34.7 Å². The number of aryl methyl sites for hydroxylation is 1. The summed E-state index contributed by atoms with van der Waals surface area (Å²) in [5.74, 6) is 1.09. The highest BCUT2D eigenvalue weighted by molar-refractivity contribution is 5.98. The first-order chi connectivity index (χ1) is 16.3. The van der Waals surface area contributed by atoms with Gasteiger partial charge in [0, 0.05) is 24.6 Å². The van der Waals surface area contributed by atoms with Gasteiger partial charge in [0.25, 0.3) is 5.91 Å². The molecule has 0 bridgehead atoms. The van der Waals surface area contributed by atoms with E-state index in [1.807, 2.05) is 6.92 Å². The van der Waals surface area contributed by atoms with Crippen LogP contribution in [0.5, 0.6) is 5.88 Å². The molecular weight excluding hydrogens is 449 g/mol. The number of halogens is 3. The molecule has 0 aromatic carbocycles. The lowest BCUT2D eigenvalue weighted by molar-refractivity contribution is -0.141. The quantitative estimate of drug-likeness (QED) is 0.563. The SMILES string of the molecule is Cc1ccc(-c2ncccn2)c(C(=O)N2C[C@@H]3C[C@@H]3CC2COc2cnc(C(F)(F)F)cn2)n1. The maximum atomic E-state index is 13.7. The average Bonchev–Trinajstić information content (AvgIpc) is 3.60. The predicted molar refractivity (Wildman–Crippen MR) is 114 cm³/mol. The fourth-order valence-corrected chi connectivity index (χ4v) is 4.30. The molecule has 1 aliphatic heterocycles. The van der Waals surface area contributed by atoms with Crippen LogP contribution in [-0.4, -0.2) is 54.9 Å². The Labute approximate surface area is 193 Å². The van der Waals surface area contributed by atoms with Crippen LogP contribution in [0.4, 0.5) is 13.2 Å². The molecule has 3 atom stereocenters. The van der Waals surface area contributed by atoms with Crippen LogP contribution >= 0.6 is 0 Å². The third kappa shape index (κ3) is 4.55. The molecule has 2 fully saturated rings. The zero-order valence-corrected chi connectivity index (χ0v) is 18.2. The molecule has 4 heterocycles. The second kappa shape index (κ2) is 8.62. The second-order valence-corrected chi connectivity index (χ2v) is 8.57. The van der Waals surface area contributed by atoms with Crippen molar-refractivity contribution in [2.45, 2.75) is 32.0 Å². The number of ether oxygens (including phenoxy) is 1. The predicted octanol–water partition coefficient (Wildman–Crippen LogP) is 3.59. The summed E-state index contributed by atoms with van der Waals surface area (Å²) < 4.78 is 43.8. The van der Waals surface area contributed by atoms with Crippen molar-refractivity contribution >= 4 is 5.91 Å². The minimum atomic E-state index is -4.57. The number of alkyl halides is 3. The highest BCUT2D eigenvalue weighted by Crippen LogP contribution is 2.47. The van der Waals surface area contributed by atoms with E-state index < -0.39 is 11.9 Å². The van der Waals surface area contributed by atoms with E-state index in [4.69, 9.17) is 4.74 Å². The van der Waals surface area contributed by atoms with Gasteiger partial charge in [-0.15, -0.1) is 0 Å². The fraction of sp³-hybridized carbons (Fsp3) is 0.391. The van der Waals surface area contributed by atoms with Gasteiger partial charge in [-0.05, 0) is 49.8 Å². The molecular formula is C23H21F3N6O2. The van der Waals surface area contributed by atoms with Crippen LogP contribution in [-0.2, 0) is 6.18 Å². The van der Waals surface area contributed by atoms with E-state index in [0.717, 1.165) is 19.0 Å². The Morgan fingerprint density at radius 1 is 1.09 bits per heavy atom. The number of carbonyl (C=O) groups is 1. The molecule has 1 saturated carbocycles. The Balaban J connectivity index is 1.37. The number of likely N-dealkylation sites (tertiary alicyclic amines) is 1. The van der Waals surface area contributed by atoms with Crippen LogP contribution < -0.4 is 4.74 Å². The molecule has 2 aliphatic rings. The van der Waals surface area contributed by atoms with Crippen LogP contribution in [0.15, 0.2) is 43.0 Å². The summed E-state index contributed by atoms with van der Waals surface area (Å²) in [6.07, 6.45) is 2.01. The van der Waals surface area contributed by atoms with Crippen molar-refractivity contribution < 1.29 is 22.7 Å². The zero-order chi connectivity index (χ0) is 23.9. The molecule has 1 aliphatic carbocycles. The number of nitrogens with zero attached hydrogens (tertiary/aromatic N) is 6. The molecule has 1 unspecified atom stereocenters.